The third kappa shape index (κ3) is 3.05. The minimum Gasteiger partial charge on any atom is -0.360 e. The molecule has 6 heteroatoms. The van der Waals surface area contributed by atoms with Crippen molar-refractivity contribution in [1.82, 2.24) is 20.0 Å². The molecule has 1 unspecified atom stereocenters. The average Bonchev–Trinajstić information content (AvgIpc) is 3.29. The lowest BCUT2D eigenvalue weighted by Crippen LogP contribution is -2.29. The van der Waals surface area contributed by atoms with E-state index in [1.54, 1.807) is 17.5 Å². The number of pyridine rings is 1. The lowest BCUT2D eigenvalue weighted by atomic mass is 10.1. The highest BCUT2D eigenvalue weighted by Crippen LogP contribution is 2.31. The largest absolute Gasteiger partial charge is 0.360 e. The fourth-order valence-electron chi connectivity index (χ4n) is 3.85. The second-order valence-electron chi connectivity index (χ2n) is 6.94. The molecular weight excluding hydrogens is 356 g/mol. The first-order valence-electron chi connectivity index (χ1n) is 9.25. The van der Waals surface area contributed by atoms with Crippen molar-refractivity contribution in [2.45, 2.75) is 25.8 Å². The molecule has 0 saturated heterocycles. The van der Waals surface area contributed by atoms with Gasteiger partial charge in [0.1, 0.15) is 11.5 Å². The number of benzene rings is 1. The molecule has 4 heterocycles. The number of fused-ring (bicyclic) bond motifs is 2. The Morgan fingerprint density at radius 2 is 2.04 bits per heavy atom. The van der Waals surface area contributed by atoms with Gasteiger partial charge in [0.15, 0.2) is 0 Å². The van der Waals surface area contributed by atoms with Crippen LogP contribution in [0, 0.1) is 0 Å². The van der Waals surface area contributed by atoms with Gasteiger partial charge in [-0.1, -0.05) is 17.3 Å². The lowest BCUT2D eigenvalue weighted by molar-refractivity contribution is 0.216. The summed E-state index contributed by atoms with van der Waals surface area (Å²) < 4.78 is 6.92. The third-order valence-electron chi connectivity index (χ3n) is 5.44. The van der Waals surface area contributed by atoms with E-state index in [0.29, 0.717) is 6.04 Å². The summed E-state index contributed by atoms with van der Waals surface area (Å²) in [5.74, 6) is 1.00. The molecule has 1 atom stereocenters. The number of hydrogen-bond acceptors (Lipinski definition) is 6. The lowest BCUT2D eigenvalue weighted by Gasteiger charge is -2.27. The summed E-state index contributed by atoms with van der Waals surface area (Å²) in [7, 11) is 0. The molecule has 0 fully saturated rings. The summed E-state index contributed by atoms with van der Waals surface area (Å²) >= 11 is 1.69. The van der Waals surface area contributed by atoms with Crippen molar-refractivity contribution in [2.75, 3.05) is 13.1 Å². The summed E-state index contributed by atoms with van der Waals surface area (Å²) in [6.45, 7) is 4.21. The monoisotopic (exact) mass is 376 g/mol. The van der Waals surface area contributed by atoms with Crippen LogP contribution < -0.4 is 0 Å². The fourth-order valence-corrected chi connectivity index (χ4v) is 4.51. The maximum absolute atomic E-state index is 5.68. The summed E-state index contributed by atoms with van der Waals surface area (Å²) in [5, 5.41) is 4.30. The van der Waals surface area contributed by atoms with Crippen molar-refractivity contribution in [3.63, 3.8) is 0 Å². The number of rotatable bonds is 3. The van der Waals surface area contributed by atoms with Crippen LogP contribution >= 0.6 is 11.3 Å². The maximum Gasteiger partial charge on any atom is 0.141 e. The SMILES string of the molecule is CC(c1ccc2scnc2c1)N1CCc2onc(-c3ccccn3)c2CC1. The predicted molar refractivity (Wildman–Crippen MR) is 107 cm³/mol. The van der Waals surface area contributed by atoms with E-state index >= 15 is 0 Å². The Labute approximate surface area is 161 Å². The second-order valence-corrected chi connectivity index (χ2v) is 7.83. The van der Waals surface area contributed by atoms with E-state index in [0.717, 1.165) is 48.6 Å². The zero-order chi connectivity index (χ0) is 18.2. The van der Waals surface area contributed by atoms with E-state index in [4.69, 9.17) is 4.52 Å². The van der Waals surface area contributed by atoms with Crippen LogP contribution in [0.5, 0.6) is 0 Å². The van der Waals surface area contributed by atoms with Gasteiger partial charge in [-0.2, -0.15) is 0 Å². The zero-order valence-corrected chi connectivity index (χ0v) is 15.9. The molecule has 1 aliphatic heterocycles. The first-order valence-corrected chi connectivity index (χ1v) is 10.1. The molecule has 5 rings (SSSR count). The molecule has 5 nitrogen and oxygen atoms in total. The van der Waals surface area contributed by atoms with Crippen molar-refractivity contribution in [2.24, 2.45) is 0 Å². The minimum absolute atomic E-state index is 0.339. The van der Waals surface area contributed by atoms with Gasteiger partial charge in [0.25, 0.3) is 0 Å². The minimum atomic E-state index is 0.339. The molecule has 0 bridgehead atoms. The molecule has 0 spiro atoms. The summed E-state index contributed by atoms with van der Waals surface area (Å²) in [4.78, 5) is 11.4. The van der Waals surface area contributed by atoms with Crippen LogP contribution in [0.3, 0.4) is 0 Å². The van der Waals surface area contributed by atoms with E-state index in [2.05, 4.69) is 45.1 Å². The number of thiazole rings is 1. The molecule has 4 aromatic rings. The Bertz CT molecular complexity index is 1070. The van der Waals surface area contributed by atoms with Gasteiger partial charge in [-0.3, -0.25) is 9.88 Å². The summed E-state index contributed by atoms with van der Waals surface area (Å²) in [6.07, 6.45) is 3.60. The smallest absolute Gasteiger partial charge is 0.141 e. The molecule has 0 saturated carbocycles. The molecule has 3 aromatic heterocycles. The van der Waals surface area contributed by atoms with Crippen molar-refractivity contribution in [3.05, 3.63) is 65.0 Å². The van der Waals surface area contributed by atoms with Crippen molar-refractivity contribution in [1.29, 1.82) is 0 Å². The van der Waals surface area contributed by atoms with E-state index in [-0.39, 0.29) is 0 Å². The Hall–Kier alpha value is -2.57. The van der Waals surface area contributed by atoms with Gasteiger partial charge in [0.2, 0.25) is 0 Å². The molecule has 0 radical (unpaired) electrons. The van der Waals surface area contributed by atoms with Crippen molar-refractivity contribution >= 4 is 21.6 Å². The Morgan fingerprint density at radius 1 is 1.11 bits per heavy atom. The fraction of sp³-hybridized carbons (Fsp3) is 0.286. The maximum atomic E-state index is 5.68. The third-order valence-corrected chi connectivity index (χ3v) is 6.25. The quantitative estimate of drug-likeness (QED) is 0.527. The topological polar surface area (TPSA) is 55.1 Å². The van der Waals surface area contributed by atoms with E-state index in [1.807, 2.05) is 23.7 Å². The normalized spacial score (nSPS) is 16.2. The molecule has 0 amide bonds. The highest BCUT2D eigenvalue weighted by Gasteiger charge is 2.25. The summed E-state index contributed by atoms with van der Waals surface area (Å²) in [5.41, 5.74) is 7.30. The molecule has 0 N–H and O–H groups in total. The Morgan fingerprint density at radius 3 is 2.93 bits per heavy atom. The van der Waals surface area contributed by atoms with Crippen LogP contribution in [0.4, 0.5) is 0 Å². The molecule has 0 aliphatic carbocycles. The van der Waals surface area contributed by atoms with E-state index in [9.17, 15) is 0 Å². The van der Waals surface area contributed by atoms with Gasteiger partial charge in [-0.25, -0.2) is 4.98 Å². The van der Waals surface area contributed by atoms with Gasteiger partial charge in [-0.05, 0) is 43.2 Å². The standard InChI is InChI=1S/C21H20N4OS/c1-14(15-5-6-20-18(12-15)23-13-27-20)25-10-7-16-19(8-11-25)26-24-21(16)17-4-2-3-9-22-17/h2-6,9,12-14H,7-8,10-11H2,1H3. The van der Waals surface area contributed by atoms with E-state index in [1.165, 1.54) is 15.8 Å². The van der Waals surface area contributed by atoms with Crippen LogP contribution in [-0.4, -0.2) is 33.1 Å². The predicted octanol–water partition coefficient (Wildman–Crippen LogP) is 4.51. The summed E-state index contributed by atoms with van der Waals surface area (Å²) in [6, 6.07) is 12.9. The van der Waals surface area contributed by atoms with Crippen molar-refractivity contribution in [3.8, 4) is 11.4 Å². The van der Waals surface area contributed by atoms with Gasteiger partial charge < -0.3 is 4.52 Å². The van der Waals surface area contributed by atoms with Crippen molar-refractivity contribution < 1.29 is 4.52 Å². The Kier molecular flexibility index (Phi) is 4.22. The van der Waals surface area contributed by atoms with Gasteiger partial charge >= 0.3 is 0 Å². The van der Waals surface area contributed by atoms with E-state index < -0.39 is 0 Å². The molecule has 136 valence electrons. The molecule has 1 aliphatic rings. The first-order chi connectivity index (χ1) is 13.3. The molecule has 1 aromatic carbocycles. The van der Waals surface area contributed by atoms with Gasteiger partial charge in [0.05, 0.1) is 21.4 Å². The first kappa shape index (κ1) is 16.6. The van der Waals surface area contributed by atoms with Gasteiger partial charge in [-0.15, -0.1) is 11.3 Å². The highest BCUT2D eigenvalue weighted by atomic mass is 32.1. The van der Waals surface area contributed by atoms with Crippen LogP contribution in [0.1, 0.15) is 29.9 Å². The van der Waals surface area contributed by atoms with Crippen LogP contribution in [-0.2, 0) is 12.8 Å². The number of nitrogens with zero attached hydrogens (tertiary/aromatic N) is 4. The van der Waals surface area contributed by atoms with Gasteiger partial charge in [0, 0.05) is 37.3 Å². The molecule has 27 heavy (non-hydrogen) atoms. The van der Waals surface area contributed by atoms with Crippen LogP contribution in [0.2, 0.25) is 0 Å². The van der Waals surface area contributed by atoms with Crippen LogP contribution in [0.25, 0.3) is 21.6 Å². The average molecular weight is 376 g/mol. The zero-order valence-electron chi connectivity index (χ0n) is 15.1. The van der Waals surface area contributed by atoms with Crippen LogP contribution in [0.15, 0.2) is 52.6 Å². The number of aromatic nitrogens is 3. The Balaban J connectivity index is 1.38. The highest BCUT2D eigenvalue weighted by molar-refractivity contribution is 7.16. The number of hydrogen-bond donors (Lipinski definition) is 0. The second kappa shape index (κ2) is 6.87. The molecular formula is C21H20N4OS.